The topological polar surface area (TPSA) is 45.7 Å². The summed E-state index contributed by atoms with van der Waals surface area (Å²) in [6.45, 7) is 11.7. The molecule has 2 aromatic rings. The minimum atomic E-state index is 0.619. The highest BCUT2D eigenvalue weighted by atomic mass is 16.5. The molecule has 2 aromatic heterocycles. The predicted octanol–water partition coefficient (Wildman–Crippen LogP) is 3.93. The standard InChI is InChI=1S/C21H31N3O2/c1-4-5-19-8-9-20(25-19)13-24-11-17-6-7-18(24)12-23(10-17)14-21-15(2)22-26-16(21)3/h8-9,17-18H,4-7,10-14H2,1-3H3/t17-,18+/m1/s1. The molecule has 0 radical (unpaired) electrons. The maximum absolute atomic E-state index is 6.04. The summed E-state index contributed by atoms with van der Waals surface area (Å²) in [7, 11) is 0. The van der Waals surface area contributed by atoms with Crippen molar-refractivity contribution in [2.75, 3.05) is 19.6 Å². The van der Waals surface area contributed by atoms with E-state index in [1.165, 1.54) is 31.5 Å². The van der Waals surface area contributed by atoms with Crippen LogP contribution in [0.1, 0.15) is 54.7 Å². The molecular formula is C21H31N3O2. The highest BCUT2D eigenvalue weighted by molar-refractivity contribution is 5.20. The molecule has 2 atom stereocenters. The van der Waals surface area contributed by atoms with Crippen LogP contribution in [-0.2, 0) is 19.5 Å². The molecule has 2 bridgehead atoms. The molecule has 5 heteroatoms. The van der Waals surface area contributed by atoms with E-state index in [0.29, 0.717) is 6.04 Å². The van der Waals surface area contributed by atoms with Gasteiger partial charge in [-0.05, 0) is 51.2 Å². The van der Waals surface area contributed by atoms with Gasteiger partial charge in [-0.25, -0.2) is 0 Å². The van der Waals surface area contributed by atoms with Gasteiger partial charge < -0.3 is 8.94 Å². The van der Waals surface area contributed by atoms with Gasteiger partial charge in [-0.15, -0.1) is 0 Å². The molecule has 3 saturated heterocycles. The van der Waals surface area contributed by atoms with Crippen molar-refractivity contribution in [3.8, 4) is 0 Å². The fourth-order valence-electron chi connectivity index (χ4n) is 4.64. The van der Waals surface area contributed by atoms with E-state index in [4.69, 9.17) is 8.94 Å². The summed E-state index contributed by atoms with van der Waals surface area (Å²) < 4.78 is 11.4. The van der Waals surface area contributed by atoms with E-state index in [0.717, 1.165) is 61.4 Å². The van der Waals surface area contributed by atoms with Crippen molar-refractivity contribution in [2.24, 2.45) is 5.92 Å². The molecule has 0 aromatic carbocycles. The number of fused-ring (bicyclic) bond motifs is 4. The Labute approximate surface area is 156 Å². The number of rotatable bonds is 6. The van der Waals surface area contributed by atoms with Crippen LogP contribution < -0.4 is 0 Å². The summed E-state index contributed by atoms with van der Waals surface area (Å²) in [6, 6.07) is 4.94. The largest absolute Gasteiger partial charge is 0.465 e. The van der Waals surface area contributed by atoms with Crippen LogP contribution in [0.25, 0.3) is 0 Å². The zero-order chi connectivity index (χ0) is 18.1. The number of aromatic nitrogens is 1. The molecule has 0 amide bonds. The van der Waals surface area contributed by atoms with E-state index >= 15 is 0 Å². The van der Waals surface area contributed by atoms with Gasteiger partial charge in [-0.2, -0.15) is 0 Å². The monoisotopic (exact) mass is 357 g/mol. The van der Waals surface area contributed by atoms with E-state index < -0.39 is 0 Å². The Hall–Kier alpha value is -1.59. The lowest BCUT2D eigenvalue weighted by molar-refractivity contribution is 0.113. The number of aryl methyl sites for hydroxylation is 3. The van der Waals surface area contributed by atoms with Crippen LogP contribution in [0.2, 0.25) is 0 Å². The van der Waals surface area contributed by atoms with Crippen LogP contribution >= 0.6 is 0 Å². The van der Waals surface area contributed by atoms with Gasteiger partial charge in [0.05, 0.1) is 12.2 Å². The summed E-state index contributed by atoms with van der Waals surface area (Å²) in [5, 5.41) is 4.12. The molecule has 142 valence electrons. The third-order valence-electron chi connectivity index (χ3n) is 6.04. The maximum Gasteiger partial charge on any atom is 0.138 e. The molecule has 5 heterocycles. The second-order valence-corrected chi connectivity index (χ2v) is 8.14. The van der Waals surface area contributed by atoms with E-state index in [2.05, 4.69) is 40.9 Å². The number of nitrogens with zero attached hydrogens (tertiary/aromatic N) is 3. The summed E-state index contributed by atoms with van der Waals surface area (Å²) in [5.74, 6) is 3.97. The lowest BCUT2D eigenvalue weighted by Crippen LogP contribution is -2.43. The highest BCUT2D eigenvalue weighted by Gasteiger charge is 2.35. The van der Waals surface area contributed by atoms with Gasteiger partial charge in [0.1, 0.15) is 17.3 Å². The number of piperidine rings is 1. The number of hydrogen-bond donors (Lipinski definition) is 0. The lowest BCUT2D eigenvalue weighted by Gasteiger charge is -2.35. The summed E-state index contributed by atoms with van der Waals surface area (Å²) in [4.78, 5) is 5.26. The van der Waals surface area contributed by atoms with Gasteiger partial charge in [0.15, 0.2) is 0 Å². The SMILES string of the molecule is CCCc1ccc(CN2C[C@@H]3CC[C@H]2CN(Cc2c(C)noc2C)C3)o1. The van der Waals surface area contributed by atoms with Crippen LogP contribution in [-0.4, -0.2) is 40.6 Å². The maximum atomic E-state index is 6.04. The minimum absolute atomic E-state index is 0.619. The van der Waals surface area contributed by atoms with Crippen molar-refractivity contribution in [3.05, 3.63) is 40.7 Å². The Morgan fingerprint density at radius 2 is 1.92 bits per heavy atom. The van der Waals surface area contributed by atoms with Crippen LogP contribution in [0.15, 0.2) is 21.1 Å². The zero-order valence-electron chi connectivity index (χ0n) is 16.3. The average molecular weight is 357 g/mol. The Balaban J connectivity index is 1.42. The van der Waals surface area contributed by atoms with Crippen LogP contribution in [0.3, 0.4) is 0 Å². The van der Waals surface area contributed by atoms with Crippen molar-refractivity contribution in [3.63, 3.8) is 0 Å². The van der Waals surface area contributed by atoms with Gasteiger partial charge >= 0.3 is 0 Å². The van der Waals surface area contributed by atoms with Crippen LogP contribution in [0.5, 0.6) is 0 Å². The van der Waals surface area contributed by atoms with Gasteiger partial charge in [-0.3, -0.25) is 9.80 Å². The Bertz CT molecular complexity index is 716. The first kappa shape index (κ1) is 17.8. The molecule has 3 aliphatic heterocycles. The molecule has 3 fully saturated rings. The van der Waals surface area contributed by atoms with Crippen LogP contribution in [0, 0.1) is 19.8 Å². The molecule has 0 saturated carbocycles. The molecule has 3 aliphatic rings. The molecule has 0 N–H and O–H groups in total. The third kappa shape index (κ3) is 3.74. The molecule has 5 nitrogen and oxygen atoms in total. The second-order valence-electron chi connectivity index (χ2n) is 8.14. The van der Waals surface area contributed by atoms with Gasteiger partial charge in [0, 0.05) is 44.2 Å². The fourth-order valence-corrected chi connectivity index (χ4v) is 4.64. The first-order chi connectivity index (χ1) is 12.6. The second kappa shape index (κ2) is 7.57. The molecule has 0 spiro atoms. The quantitative estimate of drug-likeness (QED) is 0.784. The van der Waals surface area contributed by atoms with Crippen molar-refractivity contribution in [1.82, 2.24) is 15.0 Å². The lowest BCUT2D eigenvalue weighted by atomic mass is 9.95. The zero-order valence-corrected chi connectivity index (χ0v) is 16.3. The Morgan fingerprint density at radius 3 is 2.69 bits per heavy atom. The summed E-state index contributed by atoms with van der Waals surface area (Å²) in [6.07, 6.45) is 4.82. The molecule has 26 heavy (non-hydrogen) atoms. The summed E-state index contributed by atoms with van der Waals surface area (Å²) in [5.41, 5.74) is 2.31. The minimum Gasteiger partial charge on any atom is -0.465 e. The number of hydrogen-bond acceptors (Lipinski definition) is 5. The first-order valence-corrected chi connectivity index (χ1v) is 10.1. The molecule has 0 unspecified atom stereocenters. The fraction of sp³-hybridized carbons (Fsp3) is 0.667. The van der Waals surface area contributed by atoms with Crippen LogP contribution in [0.4, 0.5) is 0 Å². The first-order valence-electron chi connectivity index (χ1n) is 10.1. The highest BCUT2D eigenvalue weighted by Crippen LogP contribution is 2.31. The normalized spacial score (nSPS) is 24.3. The third-order valence-corrected chi connectivity index (χ3v) is 6.04. The van der Waals surface area contributed by atoms with E-state index in [1.807, 2.05) is 6.92 Å². The predicted molar refractivity (Wildman–Crippen MR) is 101 cm³/mol. The molecule has 0 aliphatic carbocycles. The van der Waals surface area contributed by atoms with E-state index in [1.54, 1.807) is 0 Å². The van der Waals surface area contributed by atoms with Gasteiger partial charge in [-0.1, -0.05) is 12.1 Å². The van der Waals surface area contributed by atoms with Crippen molar-refractivity contribution < 1.29 is 8.94 Å². The van der Waals surface area contributed by atoms with Gasteiger partial charge in [0.2, 0.25) is 0 Å². The molecule has 5 rings (SSSR count). The van der Waals surface area contributed by atoms with Crippen molar-refractivity contribution >= 4 is 0 Å². The van der Waals surface area contributed by atoms with Gasteiger partial charge in [0.25, 0.3) is 0 Å². The Kier molecular flexibility index (Phi) is 5.18. The average Bonchev–Trinajstić information content (AvgIpc) is 3.06. The smallest absolute Gasteiger partial charge is 0.138 e. The van der Waals surface area contributed by atoms with E-state index in [-0.39, 0.29) is 0 Å². The number of furan rings is 1. The van der Waals surface area contributed by atoms with Crippen molar-refractivity contribution in [1.29, 1.82) is 0 Å². The van der Waals surface area contributed by atoms with Crippen molar-refractivity contribution in [2.45, 2.75) is 65.6 Å². The van der Waals surface area contributed by atoms with E-state index in [9.17, 15) is 0 Å². The summed E-state index contributed by atoms with van der Waals surface area (Å²) >= 11 is 0. The Morgan fingerprint density at radius 1 is 1.08 bits per heavy atom. The molecular weight excluding hydrogens is 326 g/mol.